The van der Waals surface area contributed by atoms with E-state index in [1.807, 2.05) is 0 Å². The molecule has 2 aromatic rings. The molecular weight excluding hydrogens is 355 g/mol. The van der Waals surface area contributed by atoms with E-state index in [-0.39, 0.29) is 12.4 Å². The number of ether oxygens (including phenoxy) is 1. The van der Waals surface area contributed by atoms with Crippen molar-refractivity contribution in [3.8, 4) is 0 Å². The van der Waals surface area contributed by atoms with Crippen LogP contribution in [-0.2, 0) is 17.8 Å². The third-order valence-corrected chi connectivity index (χ3v) is 3.36. The molecule has 0 saturated heterocycles. The third kappa shape index (κ3) is 4.81. The highest BCUT2D eigenvalue weighted by Gasteiger charge is 2.07. The quantitative estimate of drug-likeness (QED) is 0.821. The Kier molecular flexibility index (Phi) is 5.91. The summed E-state index contributed by atoms with van der Waals surface area (Å²) in [6.07, 6.45) is 3.23. The summed E-state index contributed by atoms with van der Waals surface area (Å²) in [6.45, 7) is 1.23. The molecule has 0 radical (unpaired) electrons. The van der Waals surface area contributed by atoms with Crippen molar-refractivity contribution in [3.05, 3.63) is 46.4 Å². The number of urea groups is 1. The number of hydrogen-bond donors (Lipinski definition) is 2. The summed E-state index contributed by atoms with van der Waals surface area (Å²) >= 11 is 3.26. The zero-order valence-corrected chi connectivity index (χ0v) is 13.6. The minimum atomic E-state index is -0.425. The molecule has 2 rings (SSSR count). The lowest BCUT2D eigenvalue weighted by atomic mass is 10.2. The molecular formula is C14H16BrFN4O2. The maximum Gasteiger partial charge on any atom is 0.319 e. The fourth-order valence-corrected chi connectivity index (χ4v) is 2.17. The van der Waals surface area contributed by atoms with Crippen LogP contribution >= 0.6 is 15.9 Å². The van der Waals surface area contributed by atoms with Crippen LogP contribution in [0.15, 0.2) is 35.1 Å². The van der Waals surface area contributed by atoms with Gasteiger partial charge in [-0.15, -0.1) is 0 Å². The van der Waals surface area contributed by atoms with Crippen molar-refractivity contribution >= 4 is 27.6 Å². The molecule has 0 atom stereocenters. The van der Waals surface area contributed by atoms with Crippen molar-refractivity contribution in [2.24, 2.45) is 0 Å². The standard InChI is InChI=1S/C14H16BrFN4O2/c1-22-5-4-20-9-12(8-18-20)19-14(21)17-7-10-6-11(15)2-3-13(10)16/h2-3,6,8-9H,4-5,7H2,1H3,(H2,17,19,21). The minimum absolute atomic E-state index is 0.0922. The van der Waals surface area contributed by atoms with Gasteiger partial charge in [0.05, 0.1) is 25.0 Å². The van der Waals surface area contributed by atoms with Crippen molar-refractivity contribution in [2.45, 2.75) is 13.1 Å². The molecule has 1 heterocycles. The van der Waals surface area contributed by atoms with E-state index >= 15 is 0 Å². The van der Waals surface area contributed by atoms with Crippen LogP contribution in [-0.4, -0.2) is 29.5 Å². The molecule has 0 bridgehead atoms. The van der Waals surface area contributed by atoms with E-state index in [0.717, 1.165) is 4.47 Å². The summed E-state index contributed by atoms with van der Waals surface area (Å²) in [4.78, 5) is 11.8. The Morgan fingerprint density at radius 2 is 2.32 bits per heavy atom. The lowest BCUT2D eigenvalue weighted by Gasteiger charge is -2.07. The van der Waals surface area contributed by atoms with E-state index in [0.29, 0.717) is 24.4 Å². The SMILES string of the molecule is COCCn1cc(NC(=O)NCc2cc(Br)ccc2F)cn1. The number of aromatic nitrogens is 2. The van der Waals surface area contributed by atoms with Crippen molar-refractivity contribution in [3.63, 3.8) is 0 Å². The number of amides is 2. The normalized spacial score (nSPS) is 10.5. The summed E-state index contributed by atoms with van der Waals surface area (Å²) in [6, 6.07) is 4.15. The maximum absolute atomic E-state index is 13.6. The molecule has 6 nitrogen and oxygen atoms in total. The summed E-state index contributed by atoms with van der Waals surface area (Å²) in [5, 5.41) is 9.31. The zero-order valence-electron chi connectivity index (χ0n) is 12.0. The summed E-state index contributed by atoms with van der Waals surface area (Å²) in [5.41, 5.74) is 0.962. The van der Waals surface area contributed by atoms with Crippen LogP contribution < -0.4 is 10.6 Å². The average molecular weight is 371 g/mol. The second-order valence-corrected chi connectivity index (χ2v) is 5.44. The number of benzene rings is 1. The minimum Gasteiger partial charge on any atom is -0.383 e. The maximum atomic E-state index is 13.6. The Morgan fingerprint density at radius 1 is 1.50 bits per heavy atom. The first-order chi connectivity index (χ1) is 10.6. The summed E-state index contributed by atoms with van der Waals surface area (Å²) in [5.74, 6) is -0.365. The first-order valence-corrected chi connectivity index (χ1v) is 7.38. The monoisotopic (exact) mass is 370 g/mol. The fourth-order valence-electron chi connectivity index (χ4n) is 1.76. The third-order valence-electron chi connectivity index (χ3n) is 2.86. The summed E-state index contributed by atoms with van der Waals surface area (Å²) < 4.78 is 20.9. The van der Waals surface area contributed by atoms with Gasteiger partial charge in [0.1, 0.15) is 5.82 Å². The molecule has 8 heteroatoms. The van der Waals surface area contributed by atoms with Crippen LogP contribution in [0.2, 0.25) is 0 Å². The smallest absolute Gasteiger partial charge is 0.319 e. The largest absolute Gasteiger partial charge is 0.383 e. The van der Waals surface area contributed by atoms with E-state index in [9.17, 15) is 9.18 Å². The number of halogens is 2. The van der Waals surface area contributed by atoms with Crippen molar-refractivity contribution in [1.29, 1.82) is 0 Å². The van der Waals surface area contributed by atoms with E-state index < -0.39 is 6.03 Å². The molecule has 0 aliphatic carbocycles. The van der Waals surface area contributed by atoms with E-state index in [4.69, 9.17) is 4.74 Å². The molecule has 2 N–H and O–H groups in total. The molecule has 1 aromatic heterocycles. The lowest BCUT2D eigenvalue weighted by molar-refractivity contribution is 0.183. The van der Waals surface area contributed by atoms with E-state index in [1.165, 1.54) is 12.3 Å². The number of nitrogens with zero attached hydrogens (tertiary/aromatic N) is 2. The van der Waals surface area contributed by atoms with Gasteiger partial charge in [0.15, 0.2) is 0 Å². The lowest BCUT2D eigenvalue weighted by Crippen LogP contribution is -2.28. The van der Waals surface area contributed by atoms with Gasteiger partial charge in [-0.05, 0) is 18.2 Å². The number of nitrogens with one attached hydrogen (secondary N) is 2. The molecule has 22 heavy (non-hydrogen) atoms. The van der Waals surface area contributed by atoms with Crippen LogP contribution in [0.1, 0.15) is 5.56 Å². The topological polar surface area (TPSA) is 68.2 Å². The Morgan fingerprint density at radius 3 is 3.09 bits per heavy atom. The van der Waals surface area contributed by atoms with Gasteiger partial charge in [0.25, 0.3) is 0 Å². The van der Waals surface area contributed by atoms with Crippen LogP contribution in [0.5, 0.6) is 0 Å². The Labute approximate surface area is 135 Å². The van der Waals surface area contributed by atoms with Gasteiger partial charge >= 0.3 is 6.03 Å². The van der Waals surface area contributed by atoms with E-state index in [1.54, 1.807) is 30.1 Å². The molecule has 1 aromatic carbocycles. The molecule has 0 aliphatic heterocycles. The zero-order chi connectivity index (χ0) is 15.9. The molecule has 0 aliphatic rings. The number of hydrogen-bond acceptors (Lipinski definition) is 3. The molecule has 0 unspecified atom stereocenters. The van der Waals surface area contributed by atoms with Crippen LogP contribution in [0.25, 0.3) is 0 Å². The van der Waals surface area contributed by atoms with Crippen molar-refractivity contribution in [1.82, 2.24) is 15.1 Å². The second kappa shape index (κ2) is 7.90. The summed E-state index contributed by atoms with van der Waals surface area (Å²) in [7, 11) is 1.61. The Balaban J connectivity index is 1.85. The predicted octanol–water partition coefficient (Wildman–Crippen LogP) is 2.75. The van der Waals surface area contributed by atoms with Gasteiger partial charge < -0.3 is 15.4 Å². The first-order valence-electron chi connectivity index (χ1n) is 6.58. The van der Waals surface area contributed by atoms with Crippen molar-refractivity contribution in [2.75, 3.05) is 19.0 Å². The number of carbonyl (C=O) groups is 1. The Hall–Kier alpha value is -1.93. The van der Waals surface area contributed by atoms with Gasteiger partial charge in [-0.2, -0.15) is 5.10 Å². The Bertz CT molecular complexity index is 648. The number of methoxy groups -OCH3 is 1. The first kappa shape index (κ1) is 16.4. The van der Waals surface area contributed by atoms with Gasteiger partial charge in [-0.3, -0.25) is 4.68 Å². The van der Waals surface area contributed by atoms with Crippen LogP contribution in [0, 0.1) is 5.82 Å². The average Bonchev–Trinajstić information content (AvgIpc) is 2.93. The predicted molar refractivity (Wildman–Crippen MR) is 84.1 cm³/mol. The molecule has 0 fully saturated rings. The number of rotatable bonds is 6. The second-order valence-electron chi connectivity index (χ2n) is 4.53. The van der Waals surface area contributed by atoms with Gasteiger partial charge in [0, 0.05) is 29.9 Å². The van der Waals surface area contributed by atoms with Crippen molar-refractivity contribution < 1.29 is 13.9 Å². The van der Waals surface area contributed by atoms with Gasteiger partial charge in [-0.25, -0.2) is 9.18 Å². The molecule has 2 amide bonds. The highest BCUT2D eigenvalue weighted by Crippen LogP contribution is 2.15. The number of carbonyl (C=O) groups excluding carboxylic acids is 1. The molecule has 118 valence electrons. The number of anilines is 1. The van der Waals surface area contributed by atoms with Crippen LogP contribution in [0.4, 0.5) is 14.9 Å². The van der Waals surface area contributed by atoms with Gasteiger partial charge in [-0.1, -0.05) is 15.9 Å². The van der Waals surface area contributed by atoms with E-state index in [2.05, 4.69) is 31.7 Å². The van der Waals surface area contributed by atoms with Crippen LogP contribution in [0.3, 0.4) is 0 Å². The van der Waals surface area contributed by atoms with Gasteiger partial charge in [0.2, 0.25) is 0 Å². The fraction of sp³-hybridized carbons (Fsp3) is 0.286. The highest BCUT2D eigenvalue weighted by molar-refractivity contribution is 9.10. The highest BCUT2D eigenvalue weighted by atomic mass is 79.9. The molecule has 0 saturated carbocycles. The molecule has 0 spiro atoms.